The quantitative estimate of drug-likeness (QED) is 0.0353. The van der Waals surface area contributed by atoms with Crippen LogP contribution in [0, 0.1) is 23.7 Å². The molecule has 0 aliphatic heterocycles. The Balaban J connectivity index is 5.11. The number of hydrogen-bond acceptors (Lipinski definition) is 3. The van der Waals surface area contributed by atoms with Gasteiger partial charge in [0.15, 0.2) is 12.6 Å². The summed E-state index contributed by atoms with van der Waals surface area (Å²) in [5.74, 6) is 2.99. The van der Waals surface area contributed by atoms with Crippen LogP contribution in [0.2, 0.25) is 0 Å². The second-order valence-electron chi connectivity index (χ2n) is 16.5. The van der Waals surface area contributed by atoms with E-state index in [2.05, 4.69) is 87.2 Å². The number of halogens is 2. The summed E-state index contributed by atoms with van der Waals surface area (Å²) < 4.78 is 19.8. The van der Waals surface area contributed by atoms with Crippen molar-refractivity contribution in [2.45, 2.75) is 245 Å². The number of hydrogen-bond donors (Lipinski definition) is 0. The summed E-state index contributed by atoms with van der Waals surface area (Å²) in [5, 5.41) is 0. The van der Waals surface area contributed by atoms with E-state index < -0.39 is 0 Å². The lowest BCUT2D eigenvalue weighted by Gasteiger charge is -2.27. The molecule has 5 heteroatoms. The molecule has 0 aliphatic rings. The van der Waals surface area contributed by atoms with Gasteiger partial charge in [0.25, 0.3) is 0 Å². The van der Waals surface area contributed by atoms with E-state index in [0.717, 1.165) is 75.4 Å². The van der Waals surface area contributed by atoms with Crippen molar-refractivity contribution < 1.29 is 14.2 Å². The van der Waals surface area contributed by atoms with Gasteiger partial charge in [0.1, 0.15) is 0 Å². The van der Waals surface area contributed by atoms with Crippen LogP contribution in [0.15, 0.2) is 0 Å². The molecule has 0 rings (SSSR count). The van der Waals surface area contributed by atoms with Gasteiger partial charge in [-0.3, -0.25) is 0 Å². The lowest BCUT2D eigenvalue weighted by atomic mass is 9.90. The third-order valence-electron chi connectivity index (χ3n) is 10.2. The Labute approximate surface area is 326 Å². The molecule has 0 saturated heterocycles. The van der Waals surface area contributed by atoms with Crippen molar-refractivity contribution in [3.05, 3.63) is 0 Å². The highest BCUT2D eigenvalue weighted by atomic mass is 79.9. The minimum absolute atomic E-state index is 0.154. The first-order valence-electron chi connectivity index (χ1n) is 21.7. The largest absolute Gasteiger partial charge is 0.353 e. The summed E-state index contributed by atoms with van der Waals surface area (Å²) in [6, 6.07) is 0. The fraction of sp³-hybridized carbons (Fsp3) is 1.00. The molecule has 0 saturated carbocycles. The molecule has 0 fully saturated rings. The molecule has 0 aliphatic carbocycles. The molecule has 0 N–H and O–H groups in total. The Hall–Kier alpha value is 0.840. The second kappa shape index (κ2) is 35.8. The predicted octanol–water partition coefficient (Wildman–Crippen LogP) is 16.0. The zero-order chi connectivity index (χ0) is 36.5. The summed E-state index contributed by atoms with van der Waals surface area (Å²) in [7, 11) is 0. The summed E-state index contributed by atoms with van der Waals surface area (Å²) in [4.78, 5) is 1.20. The number of alkyl halides is 2. The normalized spacial score (nSPS) is 17.0. The van der Waals surface area contributed by atoms with Crippen LogP contribution in [0.4, 0.5) is 0 Å². The average molecular weight is 825 g/mol. The van der Waals surface area contributed by atoms with Gasteiger partial charge < -0.3 is 14.2 Å². The minimum Gasteiger partial charge on any atom is -0.353 e. The van der Waals surface area contributed by atoms with Crippen LogP contribution in [0.3, 0.4) is 0 Å². The molecular weight excluding hydrogens is 736 g/mol. The summed E-state index contributed by atoms with van der Waals surface area (Å²) >= 11 is 7.50. The Morgan fingerprint density at radius 1 is 0.367 bits per heavy atom. The first-order valence-corrected chi connectivity index (χ1v) is 23.6. The van der Waals surface area contributed by atoms with Crippen molar-refractivity contribution in [3.8, 4) is 0 Å². The molecule has 0 aromatic heterocycles. The van der Waals surface area contributed by atoms with Crippen molar-refractivity contribution >= 4 is 31.9 Å². The monoisotopic (exact) mass is 823 g/mol. The molecule has 0 amide bonds. The van der Waals surface area contributed by atoms with Crippen molar-refractivity contribution in [1.29, 1.82) is 0 Å². The highest BCUT2D eigenvalue weighted by molar-refractivity contribution is 9.09. The van der Waals surface area contributed by atoms with Crippen LogP contribution < -0.4 is 0 Å². The Morgan fingerprint density at radius 2 is 0.694 bits per heavy atom. The van der Waals surface area contributed by atoms with Crippen molar-refractivity contribution in [2.75, 3.05) is 13.2 Å². The van der Waals surface area contributed by atoms with Gasteiger partial charge in [0, 0.05) is 22.9 Å². The maximum absolute atomic E-state index is 6.77. The van der Waals surface area contributed by atoms with Crippen molar-refractivity contribution in [1.82, 2.24) is 0 Å². The zero-order valence-corrected chi connectivity index (χ0v) is 37.6. The van der Waals surface area contributed by atoms with E-state index in [1.54, 1.807) is 0 Å². The molecular formula is C44H88Br2O3. The maximum atomic E-state index is 6.77. The van der Waals surface area contributed by atoms with E-state index in [4.69, 9.17) is 14.2 Å². The van der Waals surface area contributed by atoms with E-state index in [-0.39, 0.29) is 12.6 Å². The molecule has 296 valence electrons. The molecule has 0 aromatic carbocycles. The van der Waals surface area contributed by atoms with E-state index in [1.165, 1.54) is 128 Å². The molecule has 0 bridgehead atoms. The number of ether oxygens (including phenoxy) is 3. The van der Waals surface area contributed by atoms with Gasteiger partial charge in [0.05, 0.1) is 0 Å². The third-order valence-corrected chi connectivity index (χ3v) is 11.0. The van der Waals surface area contributed by atoms with E-state index in [0.29, 0.717) is 9.65 Å². The highest BCUT2D eigenvalue weighted by Gasteiger charge is 2.20. The fourth-order valence-electron chi connectivity index (χ4n) is 7.63. The van der Waals surface area contributed by atoms with Gasteiger partial charge in [-0.05, 0) is 87.9 Å². The SMILES string of the molecule is CCCCCCCCCCOC(CCCC(C)CC(C)CC(C)Br)OC(CCCC(C)CC(C)CC(C)Br)OCCCCCCCCCC. The van der Waals surface area contributed by atoms with Crippen LogP contribution in [-0.4, -0.2) is 35.4 Å². The van der Waals surface area contributed by atoms with Crippen LogP contribution in [0.25, 0.3) is 0 Å². The Kier molecular flexibility index (Phi) is 36.5. The van der Waals surface area contributed by atoms with Gasteiger partial charge >= 0.3 is 0 Å². The number of rotatable bonds is 38. The molecule has 0 radical (unpaired) electrons. The van der Waals surface area contributed by atoms with Crippen LogP contribution in [-0.2, 0) is 14.2 Å². The molecule has 3 nitrogen and oxygen atoms in total. The smallest absolute Gasteiger partial charge is 0.160 e. The van der Waals surface area contributed by atoms with Gasteiger partial charge in [-0.25, -0.2) is 0 Å². The molecule has 0 spiro atoms. The van der Waals surface area contributed by atoms with Gasteiger partial charge in [-0.15, -0.1) is 0 Å². The third kappa shape index (κ3) is 35.6. The highest BCUT2D eigenvalue weighted by Crippen LogP contribution is 2.26. The van der Waals surface area contributed by atoms with Gasteiger partial charge in [0.2, 0.25) is 0 Å². The van der Waals surface area contributed by atoms with Crippen molar-refractivity contribution in [2.24, 2.45) is 23.7 Å². The number of unbranched alkanes of at least 4 members (excludes halogenated alkanes) is 14. The van der Waals surface area contributed by atoms with Gasteiger partial charge in [-0.2, -0.15) is 0 Å². The zero-order valence-electron chi connectivity index (χ0n) is 34.4. The lowest BCUT2D eigenvalue weighted by Crippen LogP contribution is -2.28. The fourth-order valence-corrected chi connectivity index (χ4v) is 8.91. The molecule has 8 unspecified atom stereocenters. The molecule has 0 heterocycles. The molecule has 8 atom stereocenters. The molecule has 0 aromatic rings. The Morgan fingerprint density at radius 3 is 1.02 bits per heavy atom. The van der Waals surface area contributed by atoms with Gasteiger partial charge in [-0.1, -0.05) is 190 Å². The summed E-state index contributed by atoms with van der Waals surface area (Å²) in [5.41, 5.74) is 0. The lowest BCUT2D eigenvalue weighted by molar-refractivity contribution is -0.250. The van der Waals surface area contributed by atoms with Crippen LogP contribution in [0.1, 0.15) is 222 Å². The summed E-state index contributed by atoms with van der Waals surface area (Å²) in [6.07, 6.45) is 32.7. The standard InChI is InChI=1S/C44H88Br2O3/c1-9-11-13-15-17-19-21-23-31-47-43(29-25-27-37(3)33-39(5)35-41(7)45)49-44(48-32-24-22-20-18-16-14-12-10-2)30-26-28-38(4)34-40(6)36-42(8)46/h37-44H,9-36H2,1-8H3. The maximum Gasteiger partial charge on any atom is 0.160 e. The minimum atomic E-state index is -0.154. The topological polar surface area (TPSA) is 27.7 Å². The van der Waals surface area contributed by atoms with E-state index in [9.17, 15) is 0 Å². The van der Waals surface area contributed by atoms with Crippen LogP contribution >= 0.6 is 31.9 Å². The Bertz CT molecular complexity index is 606. The predicted molar refractivity (Wildman–Crippen MR) is 225 cm³/mol. The average Bonchev–Trinajstić information content (AvgIpc) is 3.01. The van der Waals surface area contributed by atoms with E-state index in [1.807, 2.05) is 0 Å². The first kappa shape index (κ1) is 49.8. The summed E-state index contributed by atoms with van der Waals surface area (Å²) in [6.45, 7) is 20.4. The first-order chi connectivity index (χ1) is 23.6. The second-order valence-corrected chi connectivity index (χ2v) is 19.6. The van der Waals surface area contributed by atoms with Crippen LogP contribution in [0.5, 0.6) is 0 Å². The van der Waals surface area contributed by atoms with E-state index >= 15 is 0 Å². The van der Waals surface area contributed by atoms with Crippen molar-refractivity contribution in [3.63, 3.8) is 0 Å². The molecule has 49 heavy (non-hydrogen) atoms.